The summed E-state index contributed by atoms with van der Waals surface area (Å²) in [5.41, 5.74) is 0.178. The van der Waals surface area contributed by atoms with Crippen molar-refractivity contribution in [2.24, 2.45) is 0 Å². The van der Waals surface area contributed by atoms with E-state index in [1.165, 1.54) is 0 Å². The van der Waals surface area contributed by atoms with E-state index in [4.69, 9.17) is 4.74 Å². The van der Waals surface area contributed by atoms with Gasteiger partial charge in [-0.25, -0.2) is 0 Å². The quantitative estimate of drug-likeness (QED) is 0.778. The van der Waals surface area contributed by atoms with Crippen LogP contribution in [-0.4, -0.2) is 11.7 Å². The first-order valence-electron chi connectivity index (χ1n) is 6.62. The fourth-order valence-electron chi connectivity index (χ4n) is 2.10. The van der Waals surface area contributed by atoms with E-state index in [-0.39, 0.29) is 0 Å². The molecule has 0 spiro atoms. The minimum absolute atomic E-state index is 0.697. The molecule has 1 N–H and O–H groups in total. The van der Waals surface area contributed by atoms with Crippen LogP contribution in [0.25, 0.3) is 0 Å². The van der Waals surface area contributed by atoms with Gasteiger partial charge < -0.3 is 9.84 Å². The SMILES string of the molecule is CCCOc1ccccc1C(O)(CC)CCC. The smallest absolute Gasteiger partial charge is 0.125 e. The van der Waals surface area contributed by atoms with Gasteiger partial charge in [-0.3, -0.25) is 0 Å². The predicted molar refractivity (Wildman–Crippen MR) is 71.3 cm³/mol. The summed E-state index contributed by atoms with van der Waals surface area (Å²) in [6, 6.07) is 7.84. The molecule has 96 valence electrons. The molecule has 0 fully saturated rings. The summed E-state index contributed by atoms with van der Waals surface area (Å²) in [6.45, 7) is 6.89. The zero-order chi connectivity index (χ0) is 12.7. The van der Waals surface area contributed by atoms with Crippen molar-refractivity contribution in [1.29, 1.82) is 0 Å². The lowest BCUT2D eigenvalue weighted by molar-refractivity contribution is 0.0198. The molecule has 1 aromatic carbocycles. The van der Waals surface area contributed by atoms with E-state index in [0.717, 1.165) is 30.6 Å². The van der Waals surface area contributed by atoms with Crippen molar-refractivity contribution in [3.8, 4) is 5.75 Å². The van der Waals surface area contributed by atoms with E-state index >= 15 is 0 Å². The Bertz CT molecular complexity index is 335. The van der Waals surface area contributed by atoms with Gasteiger partial charge in [0.1, 0.15) is 5.75 Å². The van der Waals surface area contributed by atoms with Crippen molar-refractivity contribution in [2.75, 3.05) is 6.61 Å². The van der Waals surface area contributed by atoms with Crippen molar-refractivity contribution in [3.05, 3.63) is 29.8 Å². The van der Waals surface area contributed by atoms with Gasteiger partial charge in [-0.1, -0.05) is 45.4 Å². The lowest BCUT2D eigenvalue weighted by atomic mass is 9.86. The van der Waals surface area contributed by atoms with E-state index in [0.29, 0.717) is 13.0 Å². The molecule has 0 amide bonds. The van der Waals surface area contributed by atoms with Crippen LogP contribution in [0.3, 0.4) is 0 Å². The first-order valence-corrected chi connectivity index (χ1v) is 6.62. The lowest BCUT2D eigenvalue weighted by Crippen LogP contribution is -2.25. The van der Waals surface area contributed by atoms with Crippen LogP contribution < -0.4 is 4.74 Å². The summed E-state index contributed by atoms with van der Waals surface area (Å²) in [5, 5.41) is 10.7. The second-order valence-corrected chi connectivity index (χ2v) is 4.48. The molecule has 0 aromatic heterocycles. The number of ether oxygens (including phenoxy) is 1. The maximum atomic E-state index is 10.7. The number of hydrogen-bond donors (Lipinski definition) is 1. The number of rotatable bonds is 7. The molecule has 17 heavy (non-hydrogen) atoms. The van der Waals surface area contributed by atoms with Gasteiger partial charge in [0.05, 0.1) is 12.2 Å². The van der Waals surface area contributed by atoms with E-state index in [1.807, 2.05) is 31.2 Å². The molecule has 0 aliphatic heterocycles. The normalized spacial score (nSPS) is 14.4. The standard InChI is InChI=1S/C15H24O2/c1-4-11-15(16,6-3)13-9-7-8-10-14(13)17-12-5-2/h7-10,16H,4-6,11-12H2,1-3H3. The first-order chi connectivity index (χ1) is 8.18. The molecule has 0 aliphatic carbocycles. The van der Waals surface area contributed by atoms with Crippen LogP contribution >= 0.6 is 0 Å². The molecule has 2 nitrogen and oxygen atoms in total. The van der Waals surface area contributed by atoms with Gasteiger partial charge in [-0.15, -0.1) is 0 Å². The van der Waals surface area contributed by atoms with Crippen LogP contribution in [0.4, 0.5) is 0 Å². The molecule has 0 bridgehead atoms. The minimum atomic E-state index is -0.751. The molecule has 0 heterocycles. The van der Waals surface area contributed by atoms with Crippen LogP contribution in [-0.2, 0) is 5.60 Å². The summed E-state index contributed by atoms with van der Waals surface area (Å²) >= 11 is 0. The van der Waals surface area contributed by atoms with E-state index in [2.05, 4.69) is 13.8 Å². The van der Waals surface area contributed by atoms with Crippen molar-refractivity contribution in [3.63, 3.8) is 0 Å². The Morgan fingerprint density at radius 3 is 2.41 bits per heavy atom. The van der Waals surface area contributed by atoms with Gasteiger partial charge in [-0.05, 0) is 25.3 Å². The van der Waals surface area contributed by atoms with Crippen molar-refractivity contribution in [1.82, 2.24) is 0 Å². The van der Waals surface area contributed by atoms with Gasteiger partial charge in [0.15, 0.2) is 0 Å². The number of benzene rings is 1. The summed E-state index contributed by atoms with van der Waals surface area (Å²) in [5.74, 6) is 0.826. The molecular formula is C15H24O2. The lowest BCUT2D eigenvalue weighted by Gasteiger charge is -2.28. The molecule has 0 radical (unpaired) electrons. The fraction of sp³-hybridized carbons (Fsp3) is 0.600. The monoisotopic (exact) mass is 236 g/mol. The van der Waals surface area contributed by atoms with Crippen LogP contribution in [0.15, 0.2) is 24.3 Å². The van der Waals surface area contributed by atoms with Crippen LogP contribution in [0.2, 0.25) is 0 Å². The van der Waals surface area contributed by atoms with E-state index in [9.17, 15) is 5.11 Å². The zero-order valence-corrected chi connectivity index (χ0v) is 11.2. The van der Waals surface area contributed by atoms with Gasteiger partial charge in [-0.2, -0.15) is 0 Å². The predicted octanol–water partition coefficient (Wildman–Crippen LogP) is 3.87. The van der Waals surface area contributed by atoms with E-state index in [1.54, 1.807) is 0 Å². The molecule has 1 unspecified atom stereocenters. The summed E-state index contributed by atoms with van der Waals surface area (Å²) in [4.78, 5) is 0. The van der Waals surface area contributed by atoms with E-state index < -0.39 is 5.60 Å². The fourth-order valence-corrected chi connectivity index (χ4v) is 2.10. The zero-order valence-electron chi connectivity index (χ0n) is 11.2. The Balaban J connectivity index is 3.01. The number of hydrogen-bond acceptors (Lipinski definition) is 2. The average Bonchev–Trinajstić information content (AvgIpc) is 2.37. The molecule has 1 aromatic rings. The van der Waals surface area contributed by atoms with Gasteiger partial charge in [0, 0.05) is 5.56 Å². The average molecular weight is 236 g/mol. The Hall–Kier alpha value is -1.02. The van der Waals surface area contributed by atoms with Crippen LogP contribution in [0.1, 0.15) is 52.0 Å². The third kappa shape index (κ3) is 3.47. The largest absolute Gasteiger partial charge is 0.493 e. The summed E-state index contributed by atoms with van der Waals surface area (Å²) in [7, 11) is 0. The third-order valence-corrected chi connectivity index (χ3v) is 3.10. The second kappa shape index (κ2) is 6.65. The summed E-state index contributed by atoms with van der Waals surface area (Å²) in [6.07, 6.45) is 3.43. The maximum Gasteiger partial charge on any atom is 0.125 e. The highest BCUT2D eigenvalue weighted by Crippen LogP contribution is 2.36. The van der Waals surface area contributed by atoms with Crippen molar-refractivity contribution < 1.29 is 9.84 Å². The Morgan fingerprint density at radius 2 is 1.82 bits per heavy atom. The summed E-state index contributed by atoms with van der Waals surface area (Å²) < 4.78 is 5.72. The molecule has 1 atom stereocenters. The van der Waals surface area contributed by atoms with Crippen molar-refractivity contribution >= 4 is 0 Å². The van der Waals surface area contributed by atoms with Gasteiger partial charge >= 0.3 is 0 Å². The Morgan fingerprint density at radius 1 is 1.12 bits per heavy atom. The molecule has 0 aliphatic rings. The van der Waals surface area contributed by atoms with Crippen LogP contribution in [0, 0.1) is 0 Å². The van der Waals surface area contributed by atoms with Crippen LogP contribution in [0.5, 0.6) is 5.75 Å². The minimum Gasteiger partial charge on any atom is -0.493 e. The molecule has 0 saturated heterocycles. The molecular weight excluding hydrogens is 212 g/mol. The highest BCUT2D eigenvalue weighted by atomic mass is 16.5. The number of para-hydroxylation sites is 1. The maximum absolute atomic E-state index is 10.7. The third-order valence-electron chi connectivity index (χ3n) is 3.10. The highest BCUT2D eigenvalue weighted by molar-refractivity contribution is 5.38. The van der Waals surface area contributed by atoms with Gasteiger partial charge in [0.2, 0.25) is 0 Å². The first kappa shape index (κ1) is 14.0. The highest BCUT2D eigenvalue weighted by Gasteiger charge is 2.29. The van der Waals surface area contributed by atoms with Crippen molar-refractivity contribution in [2.45, 2.75) is 52.1 Å². The van der Waals surface area contributed by atoms with Gasteiger partial charge in [0.25, 0.3) is 0 Å². The second-order valence-electron chi connectivity index (χ2n) is 4.48. The molecule has 2 heteroatoms. The molecule has 0 saturated carbocycles. The molecule has 1 rings (SSSR count). The Labute approximate surface area is 105 Å². The topological polar surface area (TPSA) is 29.5 Å². The number of aliphatic hydroxyl groups is 1. The Kier molecular flexibility index (Phi) is 5.49.